The minimum atomic E-state index is -3.26. The molecule has 6 nitrogen and oxygen atoms in total. The molecule has 0 unspecified atom stereocenters. The third-order valence-corrected chi connectivity index (χ3v) is 9.72. The molecule has 0 amide bonds. The Morgan fingerprint density at radius 3 is 2.03 bits per heavy atom. The Hall–Kier alpha value is -2.29. The maximum atomic E-state index is 15.3. The van der Waals surface area contributed by atoms with E-state index in [1.807, 2.05) is 17.7 Å². The van der Waals surface area contributed by atoms with Crippen molar-refractivity contribution >= 4 is 20.9 Å². The van der Waals surface area contributed by atoms with Crippen LogP contribution in [0.4, 0.5) is 4.39 Å². The molecule has 0 N–H and O–H groups in total. The maximum absolute atomic E-state index is 15.3. The lowest BCUT2D eigenvalue weighted by atomic mass is 9.87. The molecule has 2 aliphatic heterocycles. The van der Waals surface area contributed by atoms with E-state index in [2.05, 4.69) is 14.8 Å². The third-order valence-electron chi connectivity index (χ3n) is 8.59. The first-order valence-corrected chi connectivity index (χ1v) is 15.1. The Morgan fingerprint density at radius 2 is 1.44 bits per heavy atom. The van der Waals surface area contributed by atoms with Gasteiger partial charge in [0.2, 0.25) is 0 Å². The molecule has 1 aliphatic carbocycles. The Labute approximate surface area is 213 Å². The molecule has 3 fully saturated rings. The number of aromatic nitrogens is 2. The number of nitrogens with zero attached hydrogens (tertiary/aromatic N) is 4. The monoisotopic (exact) mass is 510 g/mol. The summed E-state index contributed by atoms with van der Waals surface area (Å²) in [5.41, 5.74) is 3.14. The number of sulfone groups is 1. The highest BCUT2D eigenvalue weighted by Crippen LogP contribution is 2.36. The van der Waals surface area contributed by atoms with Crippen LogP contribution < -0.4 is 0 Å². The van der Waals surface area contributed by atoms with Gasteiger partial charge in [0.25, 0.3) is 0 Å². The second-order valence-corrected chi connectivity index (χ2v) is 13.0. The molecule has 8 heteroatoms. The van der Waals surface area contributed by atoms with E-state index in [0.29, 0.717) is 17.4 Å². The van der Waals surface area contributed by atoms with Crippen molar-refractivity contribution in [3.63, 3.8) is 0 Å². The highest BCUT2D eigenvalue weighted by atomic mass is 32.2. The van der Waals surface area contributed by atoms with Crippen molar-refractivity contribution in [3.05, 3.63) is 47.8 Å². The van der Waals surface area contributed by atoms with Crippen LogP contribution in [0.15, 0.2) is 41.3 Å². The van der Waals surface area contributed by atoms with Crippen molar-refractivity contribution < 1.29 is 12.8 Å². The molecule has 2 aromatic carbocycles. The summed E-state index contributed by atoms with van der Waals surface area (Å²) in [7, 11) is -1.32. The standard InChI is InChI=1S/C28H35FN4O2S/c1-31-27-17-24(19-9-13-32(14-10-19)22-11-15-33(16-12-22)21-5-6-21)25(29)18-26(27)30-28(31)20-3-7-23(8-4-20)36(2,34)35/h3-4,7-8,17-19,21-22H,5-6,9-16H2,1-2H3. The largest absolute Gasteiger partial charge is 0.327 e. The topological polar surface area (TPSA) is 58.4 Å². The number of rotatable bonds is 5. The van der Waals surface area contributed by atoms with Crippen molar-refractivity contribution in [2.24, 2.45) is 7.05 Å². The van der Waals surface area contributed by atoms with Gasteiger partial charge in [0.1, 0.15) is 11.6 Å². The molecule has 0 atom stereocenters. The second-order valence-electron chi connectivity index (χ2n) is 11.0. The lowest BCUT2D eigenvalue weighted by Crippen LogP contribution is -2.48. The molecule has 1 saturated carbocycles. The van der Waals surface area contributed by atoms with Crippen molar-refractivity contribution in [2.45, 2.75) is 61.4 Å². The van der Waals surface area contributed by atoms with Gasteiger partial charge in [-0.05, 0) is 107 Å². The molecule has 0 radical (unpaired) electrons. The number of fused-ring (bicyclic) bond motifs is 1. The predicted molar refractivity (Wildman–Crippen MR) is 140 cm³/mol. The summed E-state index contributed by atoms with van der Waals surface area (Å²) in [5.74, 6) is 0.759. The van der Waals surface area contributed by atoms with E-state index in [9.17, 15) is 8.42 Å². The van der Waals surface area contributed by atoms with E-state index in [1.54, 1.807) is 30.3 Å². The number of imidazole rings is 1. The summed E-state index contributed by atoms with van der Waals surface area (Å²) in [4.78, 5) is 10.3. The van der Waals surface area contributed by atoms with Crippen LogP contribution in [0.25, 0.3) is 22.4 Å². The lowest BCUT2D eigenvalue weighted by Gasteiger charge is -2.42. The van der Waals surface area contributed by atoms with Gasteiger partial charge in [-0.2, -0.15) is 0 Å². The molecule has 6 rings (SSSR count). The normalized spacial score (nSPS) is 21.4. The average Bonchev–Trinajstić information content (AvgIpc) is 3.68. The fraction of sp³-hybridized carbons (Fsp3) is 0.536. The summed E-state index contributed by atoms with van der Waals surface area (Å²) >= 11 is 0. The van der Waals surface area contributed by atoms with Gasteiger partial charge in [-0.15, -0.1) is 0 Å². The Morgan fingerprint density at radius 1 is 0.861 bits per heavy atom. The van der Waals surface area contributed by atoms with Crippen LogP contribution in [0.1, 0.15) is 50.0 Å². The summed E-state index contributed by atoms with van der Waals surface area (Å²) in [6, 6.07) is 11.8. The first kappa shape index (κ1) is 24.1. The minimum absolute atomic E-state index is 0.171. The summed E-state index contributed by atoms with van der Waals surface area (Å²) in [6.07, 6.45) is 8.49. The molecule has 192 valence electrons. The Kier molecular flexibility index (Phi) is 6.17. The first-order valence-electron chi connectivity index (χ1n) is 13.2. The van der Waals surface area contributed by atoms with Gasteiger partial charge in [-0.1, -0.05) is 0 Å². The molecule has 1 aromatic heterocycles. The van der Waals surface area contributed by atoms with E-state index >= 15 is 4.39 Å². The average molecular weight is 511 g/mol. The number of halogens is 1. The van der Waals surface area contributed by atoms with Crippen LogP contribution in [0.3, 0.4) is 0 Å². The second kappa shape index (κ2) is 9.23. The van der Waals surface area contributed by atoms with E-state index in [4.69, 9.17) is 0 Å². The van der Waals surface area contributed by atoms with Gasteiger partial charge < -0.3 is 14.4 Å². The van der Waals surface area contributed by atoms with Crippen LogP contribution in [-0.2, 0) is 16.9 Å². The molecule has 0 spiro atoms. The van der Waals surface area contributed by atoms with Gasteiger partial charge in [0.05, 0.1) is 15.9 Å². The van der Waals surface area contributed by atoms with Gasteiger partial charge in [-0.25, -0.2) is 17.8 Å². The molecule has 3 aromatic rings. The van der Waals surface area contributed by atoms with Gasteiger partial charge in [0.15, 0.2) is 9.84 Å². The molecular formula is C28H35FN4O2S. The zero-order chi connectivity index (χ0) is 25.0. The predicted octanol–water partition coefficient (Wildman–Crippen LogP) is 4.59. The smallest absolute Gasteiger partial charge is 0.175 e. The van der Waals surface area contributed by atoms with Crippen molar-refractivity contribution in [1.29, 1.82) is 0 Å². The van der Waals surface area contributed by atoms with Gasteiger partial charge in [0, 0.05) is 37.0 Å². The molecule has 3 heterocycles. The van der Waals surface area contributed by atoms with Gasteiger partial charge >= 0.3 is 0 Å². The molecular weight excluding hydrogens is 475 g/mol. The zero-order valence-corrected chi connectivity index (χ0v) is 22.0. The number of aryl methyl sites for hydroxylation is 1. The number of hydrogen-bond donors (Lipinski definition) is 0. The number of benzene rings is 2. The number of likely N-dealkylation sites (tertiary alicyclic amines) is 2. The van der Waals surface area contributed by atoms with Crippen LogP contribution in [0.2, 0.25) is 0 Å². The van der Waals surface area contributed by atoms with Crippen LogP contribution >= 0.6 is 0 Å². The van der Waals surface area contributed by atoms with Crippen molar-refractivity contribution in [1.82, 2.24) is 19.4 Å². The third kappa shape index (κ3) is 4.59. The van der Waals surface area contributed by atoms with E-state index in [0.717, 1.165) is 48.6 Å². The number of piperidine rings is 2. The fourth-order valence-electron chi connectivity index (χ4n) is 6.28. The highest BCUT2D eigenvalue weighted by molar-refractivity contribution is 7.90. The quantitative estimate of drug-likeness (QED) is 0.503. The molecule has 3 aliphatic rings. The summed E-state index contributed by atoms with van der Waals surface area (Å²) < 4.78 is 40.8. The SMILES string of the molecule is Cn1c(-c2ccc(S(C)(=O)=O)cc2)nc2cc(F)c(C3CCN(C4CCN(C5CC5)CC4)CC3)cc21. The Bertz CT molecular complexity index is 1360. The lowest BCUT2D eigenvalue weighted by molar-refractivity contribution is 0.0841. The van der Waals surface area contributed by atoms with Crippen LogP contribution in [0.5, 0.6) is 0 Å². The Balaban J connectivity index is 1.17. The summed E-state index contributed by atoms with van der Waals surface area (Å²) in [6.45, 7) is 4.56. The molecule has 36 heavy (non-hydrogen) atoms. The minimum Gasteiger partial charge on any atom is -0.327 e. The maximum Gasteiger partial charge on any atom is 0.175 e. The first-order chi connectivity index (χ1) is 17.3. The van der Waals surface area contributed by atoms with E-state index < -0.39 is 9.84 Å². The number of hydrogen-bond acceptors (Lipinski definition) is 5. The molecule has 0 bridgehead atoms. The molecule has 2 saturated heterocycles. The van der Waals surface area contributed by atoms with Crippen molar-refractivity contribution in [3.8, 4) is 11.4 Å². The fourth-order valence-corrected chi connectivity index (χ4v) is 6.91. The van der Waals surface area contributed by atoms with Crippen molar-refractivity contribution in [2.75, 3.05) is 32.4 Å². The van der Waals surface area contributed by atoms with E-state index in [-0.39, 0.29) is 16.6 Å². The summed E-state index contributed by atoms with van der Waals surface area (Å²) in [5, 5.41) is 0. The van der Waals surface area contributed by atoms with Crippen LogP contribution in [0, 0.1) is 5.82 Å². The highest BCUT2D eigenvalue weighted by Gasteiger charge is 2.34. The van der Waals surface area contributed by atoms with Crippen LogP contribution in [-0.4, -0.2) is 72.3 Å². The van der Waals surface area contributed by atoms with E-state index in [1.165, 1.54) is 45.0 Å². The zero-order valence-electron chi connectivity index (χ0n) is 21.2. The van der Waals surface area contributed by atoms with Gasteiger partial charge in [-0.3, -0.25) is 0 Å².